The highest BCUT2D eigenvalue weighted by molar-refractivity contribution is 5.84. The maximum absolute atomic E-state index is 11.3. The van der Waals surface area contributed by atoms with Gasteiger partial charge in [0, 0.05) is 6.42 Å². The van der Waals surface area contributed by atoms with Gasteiger partial charge in [-0.05, 0) is 12.1 Å². The highest BCUT2D eigenvalue weighted by Crippen LogP contribution is 2.07. The Morgan fingerprint density at radius 2 is 1.63 bits per heavy atom. The summed E-state index contributed by atoms with van der Waals surface area (Å²) in [6.07, 6.45) is -0.489. The Morgan fingerprint density at radius 1 is 1.00 bits per heavy atom. The molecular weight excluding hydrogens is 252 g/mol. The molecule has 0 unspecified atom stereocenters. The molecule has 1 aromatic carbocycles. The van der Waals surface area contributed by atoms with Crippen LogP contribution in [0.5, 0.6) is 5.75 Å². The number of hydrogen-bond donors (Lipinski definition) is 3. The molecule has 0 aliphatic heterocycles. The van der Waals surface area contributed by atoms with Crippen molar-refractivity contribution >= 4 is 17.8 Å². The number of carbonyl (C=O) groups excluding carboxylic acids is 2. The molecule has 0 saturated heterocycles. The second-order valence-electron chi connectivity index (χ2n) is 3.59. The second kappa shape index (κ2) is 7.70. The Kier molecular flexibility index (Phi) is 5.87. The maximum Gasteiger partial charge on any atom is 0.303 e. The summed E-state index contributed by atoms with van der Waals surface area (Å²) >= 11 is 0. The van der Waals surface area contributed by atoms with Crippen molar-refractivity contribution in [2.45, 2.75) is 12.8 Å². The van der Waals surface area contributed by atoms with Crippen molar-refractivity contribution in [3.05, 3.63) is 30.3 Å². The van der Waals surface area contributed by atoms with E-state index in [1.54, 1.807) is 24.3 Å². The molecule has 2 amide bonds. The molecule has 0 aliphatic rings. The molecule has 0 radical (unpaired) electrons. The fraction of sp³-hybridized carbons (Fsp3) is 0.250. The van der Waals surface area contributed by atoms with Gasteiger partial charge in [0.2, 0.25) is 5.91 Å². The first-order valence-electron chi connectivity index (χ1n) is 5.55. The van der Waals surface area contributed by atoms with Gasteiger partial charge in [0.1, 0.15) is 5.75 Å². The molecule has 0 saturated carbocycles. The Bertz CT molecular complexity index is 447. The van der Waals surface area contributed by atoms with Gasteiger partial charge in [-0.2, -0.15) is 0 Å². The molecule has 1 rings (SSSR count). The van der Waals surface area contributed by atoms with E-state index < -0.39 is 17.8 Å². The number of carbonyl (C=O) groups is 3. The van der Waals surface area contributed by atoms with E-state index in [9.17, 15) is 14.4 Å². The van der Waals surface area contributed by atoms with Crippen molar-refractivity contribution in [1.29, 1.82) is 0 Å². The third-order valence-electron chi connectivity index (χ3n) is 2.02. The SMILES string of the molecule is O=C(O)CCC(=O)NNC(=O)COc1ccccc1. The number of nitrogens with one attached hydrogen (secondary N) is 2. The summed E-state index contributed by atoms with van der Waals surface area (Å²) in [5.41, 5.74) is 4.21. The Hall–Kier alpha value is -2.57. The van der Waals surface area contributed by atoms with Crippen LogP contribution in [0, 0.1) is 0 Å². The minimum Gasteiger partial charge on any atom is -0.484 e. The van der Waals surface area contributed by atoms with Crippen LogP contribution >= 0.6 is 0 Å². The van der Waals surface area contributed by atoms with Crippen molar-refractivity contribution in [1.82, 2.24) is 10.9 Å². The molecule has 3 N–H and O–H groups in total. The van der Waals surface area contributed by atoms with Gasteiger partial charge in [-0.3, -0.25) is 25.2 Å². The number of aliphatic carboxylic acids is 1. The Morgan fingerprint density at radius 3 is 2.26 bits per heavy atom. The van der Waals surface area contributed by atoms with Crippen LogP contribution in [0.3, 0.4) is 0 Å². The lowest BCUT2D eigenvalue weighted by Crippen LogP contribution is -2.43. The molecule has 0 aromatic heterocycles. The average Bonchev–Trinajstić information content (AvgIpc) is 2.41. The molecule has 0 heterocycles. The van der Waals surface area contributed by atoms with Crippen LogP contribution in [0.1, 0.15) is 12.8 Å². The molecule has 0 fully saturated rings. The first-order valence-corrected chi connectivity index (χ1v) is 5.55. The summed E-state index contributed by atoms with van der Waals surface area (Å²) < 4.78 is 5.14. The van der Waals surface area contributed by atoms with Gasteiger partial charge in [-0.25, -0.2) is 0 Å². The standard InChI is InChI=1S/C12H14N2O5/c15-10(6-7-12(17)18)13-14-11(16)8-19-9-4-2-1-3-5-9/h1-5H,6-8H2,(H,13,15)(H,14,16)(H,17,18). The number of amides is 2. The highest BCUT2D eigenvalue weighted by atomic mass is 16.5. The summed E-state index contributed by atoms with van der Waals surface area (Å²) in [7, 11) is 0. The fourth-order valence-corrected chi connectivity index (χ4v) is 1.12. The maximum atomic E-state index is 11.3. The van der Waals surface area contributed by atoms with Crippen LogP contribution in [0.4, 0.5) is 0 Å². The zero-order chi connectivity index (χ0) is 14.1. The first kappa shape index (κ1) is 14.5. The van der Waals surface area contributed by atoms with Crippen molar-refractivity contribution in [3.8, 4) is 5.75 Å². The van der Waals surface area contributed by atoms with E-state index in [2.05, 4.69) is 10.9 Å². The fourth-order valence-electron chi connectivity index (χ4n) is 1.12. The van der Waals surface area contributed by atoms with Gasteiger partial charge in [-0.15, -0.1) is 0 Å². The van der Waals surface area contributed by atoms with E-state index in [1.807, 2.05) is 6.07 Å². The molecule has 1 aromatic rings. The minimum absolute atomic E-state index is 0.199. The largest absolute Gasteiger partial charge is 0.484 e. The molecule has 0 bridgehead atoms. The Labute approximate surface area is 109 Å². The quantitative estimate of drug-likeness (QED) is 0.632. The summed E-state index contributed by atoms with van der Waals surface area (Å²) in [6.45, 7) is -0.247. The lowest BCUT2D eigenvalue weighted by Gasteiger charge is -2.08. The predicted octanol–water partition coefficient (Wildman–Crippen LogP) is 0.0776. The van der Waals surface area contributed by atoms with Gasteiger partial charge in [0.05, 0.1) is 6.42 Å². The topological polar surface area (TPSA) is 105 Å². The van der Waals surface area contributed by atoms with Gasteiger partial charge in [-0.1, -0.05) is 18.2 Å². The molecule has 0 aliphatic carbocycles. The molecule has 19 heavy (non-hydrogen) atoms. The average molecular weight is 266 g/mol. The minimum atomic E-state index is -1.08. The van der Waals surface area contributed by atoms with Crippen LogP contribution in [0.15, 0.2) is 30.3 Å². The second-order valence-corrected chi connectivity index (χ2v) is 3.59. The van der Waals surface area contributed by atoms with E-state index in [1.165, 1.54) is 0 Å². The molecule has 0 spiro atoms. The van der Waals surface area contributed by atoms with Crippen LogP contribution in [-0.4, -0.2) is 29.5 Å². The number of hydrogen-bond acceptors (Lipinski definition) is 4. The number of para-hydroxylation sites is 1. The van der Waals surface area contributed by atoms with Gasteiger partial charge in [0.25, 0.3) is 5.91 Å². The smallest absolute Gasteiger partial charge is 0.303 e. The monoisotopic (exact) mass is 266 g/mol. The number of benzene rings is 1. The van der Waals surface area contributed by atoms with E-state index in [0.717, 1.165) is 0 Å². The van der Waals surface area contributed by atoms with Crippen molar-refractivity contribution in [2.24, 2.45) is 0 Å². The molecule has 102 valence electrons. The zero-order valence-electron chi connectivity index (χ0n) is 10.1. The number of carboxylic acids is 1. The van der Waals surface area contributed by atoms with Crippen LogP contribution in [-0.2, 0) is 14.4 Å². The van der Waals surface area contributed by atoms with E-state index in [0.29, 0.717) is 5.75 Å². The number of hydrazine groups is 1. The Balaban J connectivity index is 2.17. The number of carboxylic acid groups (broad SMARTS) is 1. The number of ether oxygens (including phenoxy) is 1. The summed E-state index contributed by atoms with van der Waals surface area (Å²) in [6, 6.07) is 8.73. The number of rotatable bonds is 6. The lowest BCUT2D eigenvalue weighted by atomic mass is 10.3. The van der Waals surface area contributed by atoms with E-state index >= 15 is 0 Å². The van der Waals surface area contributed by atoms with E-state index in [4.69, 9.17) is 9.84 Å². The summed E-state index contributed by atoms with van der Waals surface area (Å²) in [5, 5.41) is 8.36. The molecule has 7 heteroatoms. The van der Waals surface area contributed by atoms with Crippen LogP contribution < -0.4 is 15.6 Å². The van der Waals surface area contributed by atoms with Crippen LogP contribution in [0.25, 0.3) is 0 Å². The van der Waals surface area contributed by atoms with Gasteiger partial charge in [0.15, 0.2) is 6.61 Å². The predicted molar refractivity (Wildman–Crippen MR) is 65.1 cm³/mol. The first-order chi connectivity index (χ1) is 9.08. The van der Waals surface area contributed by atoms with Crippen molar-refractivity contribution in [2.75, 3.05) is 6.61 Å². The summed E-state index contributed by atoms with van der Waals surface area (Å²) in [4.78, 5) is 32.6. The highest BCUT2D eigenvalue weighted by Gasteiger charge is 2.07. The van der Waals surface area contributed by atoms with Gasteiger partial charge < -0.3 is 9.84 Å². The van der Waals surface area contributed by atoms with Crippen molar-refractivity contribution in [3.63, 3.8) is 0 Å². The third kappa shape index (κ3) is 6.67. The van der Waals surface area contributed by atoms with Crippen molar-refractivity contribution < 1.29 is 24.2 Å². The zero-order valence-corrected chi connectivity index (χ0v) is 10.1. The third-order valence-corrected chi connectivity index (χ3v) is 2.02. The molecule has 0 atom stereocenters. The van der Waals surface area contributed by atoms with Gasteiger partial charge >= 0.3 is 5.97 Å². The van der Waals surface area contributed by atoms with E-state index in [-0.39, 0.29) is 19.4 Å². The molecular formula is C12H14N2O5. The lowest BCUT2D eigenvalue weighted by molar-refractivity contribution is -0.139. The summed E-state index contributed by atoms with van der Waals surface area (Å²) in [5.74, 6) is -1.65. The molecule has 7 nitrogen and oxygen atoms in total. The van der Waals surface area contributed by atoms with Crippen LogP contribution in [0.2, 0.25) is 0 Å². The normalized spacial score (nSPS) is 9.47.